The van der Waals surface area contributed by atoms with Crippen LogP contribution in [0.2, 0.25) is 0 Å². The van der Waals surface area contributed by atoms with Crippen LogP contribution >= 0.6 is 11.3 Å². The van der Waals surface area contributed by atoms with Crippen molar-refractivity contribution >= 4 is 21.4 Å². The predicted molar refractivity (Wildman–Crippen MR) is 88.1 cm³/mol. The van der Waals surface area contributed by atoms with E-state index in [9.17, 15) is 8.42 Å². The highest BCUT2D eigenvalue weighted by molar-refractivity contribution is 7.89. The third-order valence-electron chi connectivity index (χ3n) is 4.22. The number of thiophene rings is 1. The maximum Gasteiger partial charge on any atom is 0.244 e. The lowest BCUT2D eigenvalue weighted by atomic mass is 9.96. The summed E-state index contributed by atoms with van der Waals surface area (Å²) in [5, 5.41) is 3.25. The molecule has 1 saturated heterocycles. The molecule has 1 aliphatic heterocycles. The van der Waals surface area contributed by atoms with Gasteiger partial charge in [0.2, 0.25) is 10.0 Å². The highest BCUT2D eigenvalue weighted by Crippen LogP contribution is 2.32. The van der Waals surface area contributed by atoms with E-state index in [1.807, 2.05) is 13.0 Å². The first-order valence-electron chi connectivity index (χ1n) is 7.66. The van der Waals surface area contributed by atoms with Gasteiger partial charge in [-0.1, -0.05) is 20.8 Å². The first-order valence-corrected chi connectivity index (χ1v) is 9.92. The standard InChI is InChI=1S/C15H26N2O2S2/c1-5-16-9-14-8-15(12(4)20-14)21(18,19)17-7-6-13(10-17)11(2)3/h8,11,13,16H,5-7,9-10H2,1-4H3. The minimum atomic E-state index is -3.32. The summed E-state index contributed by atoms with van der Waals surface area (Å²) >= 11 is 1.58. The van der Waals surface area contributed by atoms with Crippen LogP contribution in [0.15, 0.2) is 11.0 Å². The quantitative estimate of drug-likeness (QED) is 0.872. The van der Waals surface area contributed by atoms with E-state index in [4.69, 9.17) is 0 Å². The molecule has 4 nitrogen and oxygen atoms in total. The van der Waals surface area contributed by atoms with Crippen molar-refractivity contribution in [3.05, 3.63) is 15.8 Å². The van der Waals surface area contributed by atoms with E-state index < -0.39 is 10.0 Å². The average Bonchev–Trinajstić information content (AvgIpc) is 3.03. The third-order valence-corrected chi connectivity index (χ3v) is 7.39. The zero-order valence-electron chi connectivity index (χ0n) is 13.3. The van der Waals surface area contributed by atoms with E-state index in [0.717, 1.165) is 29.3 Å². The molecule has 1 aliphatic rings. The summed E-state index contributed by atoms with van der Waals surface area (Å²) < 4.78 is 27.3. The smallest absolute Gasteiger partial charge is 0.244 e. The number of aryl methyl sites for hydroxylation is 1. The Morgan fingerprint density at radius 3 is 2.76 bits per heavy atom. The summed E-state index contributed by atoms with van der Waals surface area (Å²) in [5.74, 6) is 1.03. The van der Waals surface area contributed by atoms with Crippen molar-refractivity contribution in [2.24, 2.45) is 11.8 Å². The second-order valence-electron chi connectivity index (χ2n) is 6.07. The molecule has 0 bridgehead atoms. The molecule has 0 saturated carbocycles. The van der Waals surface area contributed by atoms with Gasteiger partial charge in [-0.2, -0.15) is 4.31 Å². The van der Waals surface area contributed by atoms with E-state index in [2.05, 4.69) is 26.1 Å². The van der Waals surface area contributed by atoms with Crippen molar-refractivity contribution in [3.63, 3.8) is 0 Å². The third kappa shape index (κ3) is 3.67. The Kier molecular flexibility index (Phi) is 5.46. The molecule has 0 spiro atoms. The van der Waals surface area contributed by atoms with Crippen molar-refractivity contribution < 1.29 is 8.42 Å². The minimum Gasteiger partial charge on any atom is -0.312 e. The van der Waals surface area contributed by atoms with Crippen molar-refractivity contribution in [3.8, 4) is 0 Å². The second kappa shape index (κ2) is 6.77. The molecular formula is C15H26N2O2S2. The van der Waals surface area contributed by atoms with Gasteiger partial charge in [0, 0.05) is 29.4 Å². The Hall–Kier alpha value is -0.430. The van der Waals surface area contributed by atoms with Crippen LogP contribution in [0.3, 0.4) is 0 Å². The Morgan fingerprint density at radius 2 is 2.19 bits per heavy atom. The molecule has 2 rings (SSSR count). The van der Waals surface area contributed by atoms with Gasteiger partial charge >= 0.3 is 0 Å². The highest BCUT2D eigenvalue weighted by Gasteiger charge is 2.35. The number of hydrogen-bond acceptors (Lipinski definition) is 4. The lowest BCUT2D eigenvalue weighted by Gasteiger charge is -2.18. The van der Waals surface area contributed by atoms with Crippen molar-refractivity contribution in [2.75, 3.05) is 19.6 Å². The Bertz CT molecular complexity index is 578. The Balaban J connectivity index is 2.18. The highest BCUT2D eigenvalue weighted by atomic mass is 32.2. The fourth-order valence-electron chi connectivity index (χ4n) is 2.77. The van der Waals surface area contributed by atoms with Gasteiger partial charge in [0.25, 0.3) is 0 Å². The van der Waals surface area contributed by atoms with Crippen LogP contribution in [-0.4, -0.2) is 32.4 Å². The topological polar surface area (TPSA) is 49.4 Å². The summed E-state index contributed by atoms with van der Waals surface area (Å²) in [6.07, 6.45) is 0.977. The van der Waals surface area contributed by atoms with Crippen LogP contribution in [0, 0.1) is 18.8 Å². The number of nitrogens with one attached hydrogen (secondary N) is 1. The maximum atomic E-state index is 12.8. The van der Waals surface area contributed by atoms with Crippen LogP contribution in [0.25, 0.3) is 0 Å². The van der Waals surface area contributed by atoms with Crippen molar-refractivity contribution in [2.45, 2.75) is 45.6 Å². The summed E-state index contributed by atoms with van der Waals surface area (Å²) in [7, 11) is -3.32. The Morgan fingerprint density at radius 1 is 1.48 bits per heavy atom. The molecule has 120 valence electrons. The molecule has 1 aromatic heterocycles. The monoisotopic (exact) mass is 330 g/mol. The molecular weight excluding hydrogens is 304 g/mol. The van der Waals surface area contributed by atoms with Crippen LogP contribution in [0.4, 0.5) is 0 Å². The first kappa shape index (κ1) is 16.9. The molecule has 0 aromatic carbocycles. The molecule has 1 aromatic rings. The summed E-state index contributed by atoms with van der Waals surface area (Å²) in [6, 6.07) is 1.85. The molecule has 1 fully saturated rings. The van der Waals surface area contributed by atoms with Gasteiger partial charge in [-0.15, -0.1) is 11.3 Å². The predicted octanol–water partition coefficient (Wildman–Crippen LogP) is 2.83. The fraction of sp³-hybridized carbons (Fsp3) is 0.733. The summed E-state index contributed by atoms with van der Waals surface area (Å²) in [5.41, 5.74) is 0. The molecule has 1 N–H and O–H groups in total. The fourth-order valence-corrected chi connectivity index (χ4v) is 5.86. The summed E-state index contributed by atoms with van der Waals surface area (Å²) in [6.45, 7) is 11.3. The van der Waals surface area contributed by atoms with Gasteiger partial charge in [0.1, 0.15) is 0 Å². The van der Waals surface area contributed by atoms with Gasteiger partial charge < -0.3 is 5.32 Å². The Labute approximate surface area is 132 Å². The normalized spacial score (nSPS) is 20.5. The largest absolute Gasteiger partial charge is 0.312 e. The van der Waals surface area contributed by atoms with Crippen LogP contribution < -0.4 is 5.32 Å². The van der Waals surface area contributed by atoms with E-state index >= 15 is 0 Å². The SMILES string of the molecule is CCNCc1cc(S(=O)(=O)N2CCC(C(C)C)C2)c(C)s1. The van der Waals surface area contributed by atoms with Gasteiger partial charge in [0.15, 0.2) is 0 Å². The van der Waals surface area contributed by atoms with Crippen LogP contribution in [0.1, 0.15) is 36.9 Å². The van der Waals surface area contributed by atoms with Crippen LogP contribution in [0.5, 0.6) is 0 Å². The van der Waals surface area contributed by atoms with Crippen LogP contribution in [-0.2, 0) is 16.6 Å². The van der Waals surface area contributed by atoms with E-state index in [-0.39, 0.29) is 0 Å². The molecule has 1 atom stereocenters. The van der Waals surface area contributed by atoms with Gasteiger partial charge in [-0.25, -0.2) is 8.42 Å². The molecule has 0 amide bonds. The molecule has 2 heterocycles. The number of hydrogen-bond donors (Lipinski definition) is 1. The van der Waals surface area contributed by atoms with E-state index in [1.54, 1.807) is 15.6 Å². The minimum absolute atomic E-state index is 0.486. The lowest BCUT2D eigenvalue weighted by molar-refractivity contribution is 0.388. The molecule has 21 heavy (non-hydrogen) atoms. The lowest BCUT2D eigenvalue weighted by Crippen LogP contribution is -2.29. The first-order chi connectivity index (χ1) is 9.86. The number of rotatable bonds is 6. The van der Waals surface area contributed by atoms with Crippen molar-refractivity contribution in [1.29, 1.82) is 0 Å². The summed E-state index contributed by atoms with van der Waals surface area (Å²) in [4.78, 5) is 2.49. The number of nitrogens with zero attached hydrogens (tertiary/aromatic N) is 1. The molecule has 6 heteroatoms. The zero-order chi connectivity index (χ0) is 15.6. The van der Waals surface area contributed by atoms with E-state index in [0.29, 0.717) is 29.8 Å². The van der Waals surface area contributed by atoms with Gasteiger partial charge in [0.05, 0.1) is 4.90 Å². The van der Waals surface area contributed by atoms with Gasteiger partial charge in [-0.3, -0.25) is 0 Å². The molecule has 1 unspecified atom stereocenters. The van der Waals surface area contributed by atoms with Crippen molar-refractivity contribution in [1.82, 2.24) is 9.62 Å². The second-order valence-corrected chi connectivity index (χ2v) is 9.32. The molecule has 0 aliphatic carbocycles. The number of sulfonamides is 1. The van der Waals surface area contributed by atoms with E-state index in [1.165, 1.54) is 0 Å². The maximum absolute atomic E-state index is 12.8. The molecule has 0 radical (unpaired) electrons. The average molecular weight is 331 g/mol. The zero-order valence-corrected chi connectivity index (χ0v) is 15.0. The van der Waals surface area contributed by atoms with Gasteiger partial charge in [-0.05, 0) is 37.8 Å².